The molecule has 78 valence electrons. The van der Waals surface area contributed by atoms with E-state index in [1.54, 1.807) is 0 Å². The number of ketones is 1. The molecule has 1 spiro atoms. The Morgan fingerprint density at radius 1 is 1.21 bits per heavy atom. The van der Waals surface area contributed by atoms with Crippen molar-refractivity contribution in [2.45, 2.75) is 51.0 Å². The van der Waals surface area contributed by atoms with Crippen LogP contribution in [0.4, 0.5) is 0 Å². The van der Waals surface area contributed by atoms with Crippen molar-refractivity contribution in [3.8, 4) is 0 Å². The largest absolute Gasteiger partial charge is 0.392 e. The molecular weight excluding hydrogens is 176 g/mol. The van der Waals surface area contributed by atoms with E-state index in [-0.39, 0.29) is 17.4 Å². The van der Waals surface area contributed by atoms with Gasteiger partial charge in [0.05, 0.1) is 6.10 Å². The summed E-state index contributed by atoms with van der Waals surface area (Å²) in [5.74, 6) is 0.716. The summed E-state index contributed by atoms with van der Waals surface area (Å²) in [6.07, 6.45) is 7.53. The number of aliphatic hydroxyl groups excluding tert-OH is 1. The van der Waals surface area contributed by atoms with Crippen LogP contribution in [-0.2, 0) is 4.79 Å². The first-order valence-corrected chi connectivity index (χ1v) is 5.95. The minimum absolute atomic E-state index is 0.0000231. The fourth-order valence-electron chi connectivity index (χ4n) is 4.18. The van der Waals surface area contributed by atoms with Crippen molar-refractivity contribution in [2.24, 2.45) is 17.3 Å². The third-order valence-electron chi connectivity index (χ3n) is 4.90. The number of carbonyl (C=O) groups is 1. The van der Waals surface area contributed by atoms with Crippen molar-refractivity contribution in [3.05, 3.63) is 0 Å². The molecule has 1 N–H and O–H groups in total. The predicted octanol–water partition coefficient (Wildman–Crippen LogP) is 1.91. The summed E-state index contributed by atoms with van der Waals surface area (Å²) in [5, 5.41) is 9.88. The van der Waals surface area contributed by atoms with Gasteiger partial charge in [0.25, 0.3) is 0 Å². The first-order chi connectivity index (χ1) is 6.73. The average Bonchev–Trinajstić information content (AvgIpc) is 2.17. The Labute approximate surface area is 84.7 Å². The lowest BCUT2D eigenvalue weighted by Gasteiger charge is -2.55. The number of carbonyl (C=O) groups excluding carboxylic acids is 1. The summed E-state index contributed by atoms with van der Waals surface area (Å²) >= 11 is 0. The van der Waals surface area contributed by atoms with E-state index in [9.17, 15) is 9.90 Å². The topological polar surface area (TPSA) is 37.3 Å². The molecule has 4 saturated carbocycles. The smallest absolute Gasteiger partial charge is 0.142 e. The highest BCUT2D eigenvalue weighted by atomic mass is 16.3. The molecule has 0 aliphatic heterocycles. The van der Waals surface area contributed by atoms with Crippen LogP contribution < -0.4 is 0 Å². The van der Waals surface area contributed by atoms with Gasteiger partial charge in [-0.05, 0) is 37.5 Å². The van der Waals surface area contributed by atoms with Crippen LogP contribution in [0.15, 0.2) is 0 Å². The maximum absolute atomic E-state index is 12.1. The second kappa shape index (κ2) is 2.82. The van der Waals surface area contributed by atoms with Gasteiger partial charge in [-0.1, -0.05) is 12.8 Å². The van der Waals surface area contributed by atoms with Crippen LogP contribution in [0.5, 0.6) is 0 Å². The monoisotopic (exact) mass is 194 g/mol. The minimum Gasteiger partial charge on any atom is -0.392 e. The molecule has 4 rings (SSSR count). The summed E-state index contributed by atoms with van der Waals surface area (Å²) in [6, 6.07) is 0. The van der Waals surface area contributed by atoms with Crippen molar-refractivity contribution >= 4 is 5.78 Å². The van der Waals surface area contributed by atoms with Gasteiger partial charge in [-0.15, -0.1) is 0 Å². The first-order valence-electron chi connectivity index (χ1n) is 5.95. The third kappa shape index (κ3) is 0.979. The van der Waals surface area contributed by atoms with Crippen LogP contribution in [0.2, 0.25) is 0 Å². The van der Waals surface area contributed by atoms with Gasteiger partial charge in [-0.25, -0.2) is 0 Å². The van der Waals surface area contributed by atoms with Gasteiger partial charge >= 0.3 is 0 Å². The quantitative estimate of drug-likeness (QED) is 0.639. The zero-order valence-corrected chi connectivity index (χ0v) is 8.54. The van der Waals surface area contributed by atoms with E-state index in [1.807, 2.05) is 0 Å². The van der Waals surface area contributed by atoms with E-state index in [4.69, 9.17) is 0 Å². The maximum Gasteiger partial charge on any atom is 0.142 e. The van der Waals surface area contributed by atoms with Gasteiger partial charge in [-0.3, -0.25) is 4.79 Å². The Morgan fingerprint density at radius 2 is 2.07 bits per heavy atom. The molecule has 0 unspecified atom stereocenters. The van der Waals surface area contributed by atoms with E-state index in [0.29, 0.717) is 11.7 Å². The Bertz CT molecular complexity index is 269. The third-order valence-corrected chi connectivity index (χ3v) is 4.90. The molecule has 14 heavy (non-hydrogen) atoms. The fourth-order valence-corrected chi connectivity index (χ4v) is 4.18. The number of fused-ring (bicyclic) bond motifs is 2. The van der Waals surface area contributed by atoms with Crippen LogP contribution in [-0.4, -0.2) is 17.0 Å². The molecule has 0 heterocycles. The molecule has 0 aromatic carbocycles. The Kier molecular flexibility index (Phi) is 1.79. The highest BCUT2D eigenvalue weighted by Gasteiger charge is 2.56. The molecule has 4 aliphatic rings. The van der Waals surface area contributed by atoms with Crippen molar-refractivity contribution in [1.29, 1.82) is 0 Å². The van der Waals surface area contributed by atoms with E-state index in [1.165, 1.54) is 25.7 Å². The molecule has 4 atom stereocenters. The van der Waals surface area contributed by atoms with Crippen LogP contribution in [0.3, 0.4) is 0 Å². The SMILES string of the molecule is O=C1[C@@H]2CC[C@@]3(CCCC[C@@H]13)C[C@@H]2O. The van der Waals surface area contributed by atoms with Crippen LogP contribution in [0, 0.1) is 17.3 Å². The standard InChI is InChI=1S/C12H18O2/c13-10-7-12-5-2-1-3-9(12)11(14)8(10)4-6-12/h8-10,13H,1-7H2/t8-,9+,10+,12+/m1/s1. The lowest BCUT2D eigenvalue weighted by Crippen LogP contribution is -2.56. The lowest BCUT2D eigenvalue weighted by molar-refractivity contribution is -0.160. The van der Waals surface area contributed by atoms with Gasteiger partial charge in [0.1, 0.15) is 5.78 Å². The summed E-state index contributed by atoms with van der Waals surface area (Å²) in [5.41, 5.74) is 0.226. The molecule has 0 amide bonds. The van der Waals surface area contributed by atoms with Gasteiger partial charge in [0, 0.05) is 11.8 Å². The predicted molar refractivity (Wildman–Crippen MR) is 52.7 cm³/mol. The molecule has 4 aliphatic carbocycles. The number of hydrogen-bond acceptors (Lipinski definition) is 2. The lowest BCUT2D eigenvalue weighted by atomic mass is 9.49. The minimum atomic E-state index is -0.314. The molecule has 0 radical (unpaired) electrons. The van der Waals surface area contributed by atoms with E-state index < -0.39 is 0 Å². The van der Waals surface area contributed by atoms with Gasteiger partial charge in [-0.2, -0.15) is 0 Å². The van der Waals surface area contributed by atoms with Crippen molar-refractivity contribution in [1.82, 2.24) is 0 Å². The maximum atomic E-state index is 12.1. The summed E-state index contributed by atoms with van der Waals surface area (Å²) < 4.78 is 0. The Morgan fingerprint density at radius 3 is 2.86 bits per heavy atom. The fraction of sp³-hybridized carbons (Fsp3) is 0.917. The molecule has 4 fully saturated rings. The Hall–Kier alpha value is -0.370. The van der Waals surface area contributed by atoms with Crippen molar-refractivity contribution < 1.29 is 9.90 Å². The van der Waals surface area contributed by atoms with Gasteiger partial charge in [0.15, 0.2) is 0 Å². The highest BCUT2D eigenvalue weighted by Crippen LogP contribution is 2.58. The van der Waals surface area contributed by atoms with Crippen molar-refractivity contribution in [3.63, 3.8) is 0 Å². The molecule has 2 heteroatoms. The number of Topliss-reactive ketones (excluding diaryl/α,β-unsaturated/α-hetero) is 1. The van der Waals surface area contributed by atoms with Crippen molar-refractivity contribution in [2.75, 3.05) is 0 Å². The normalized spacial score (nSPS) is 51.8. The first kappa shape index (κ1) is 8.90. The highest BCUT2D eigenvalue weighted by molar-refractivity contribution is 5.86. The summed E-state index contributed by atoms with van der Waals surface area (Å²) in [7, 11) is 0. The van der Waals surface area contributed by atoms with E-state index in [2.05, 4.69) is 0 Å². The molecule has 0 aromatic heterocycles. The molecule has 2 nitrogen and oxygen atoms in total. The number of hydrogen-bond donors (Lipinski definition) is 1. The van der Waals surface area contributed by atoms with Crippen LogP contribution in [0.25, 0.3) is 0 Å². The van der Waals surface area contributed by atoms with E-state index >= 15 is 0 Å². The average molecular weight is 194 g/mol. The molecule has 0 saturated heterocycles. The summed E-state index contributed by atoms with van der Waals surface area (Å²) in [6.45, 7) is 0. The number of rotatable bonds is 0. The second-order valence-corrected chi connectivity index (χ2v) is 5.48. The van der Waals surface area contributed by atoms with Gasteiger partial charge in [0.2, 0.25) is 0 Å². The zero-order valence-electron chi connectivity index (χ0n) is 8.54. The number of aliphatic hydroxyl groups is 1. The van der Waals surface area contributed by atoms with Crippen LogP contribution in [0.1, 0.15) is 44.9 Å². The zero-order chi connectivity index (χ0) is 9.76. The van der Waals surface area contributed by atoms with Crippen LogP contribution >= 0.6 is 0 Å². The molecule has 2 bridgehead atoms. The Balaban J connectivity index is 1.98. The molecule has 0 aromatic rings. The second-order valence-electron chi connectivity index (χ2n) is 5.48. The van der Waals surface area contributed by atoms with Gasteiger partial charge < -0.3 is 5.11 Å². The molecular formula is C12H18O2. The van der Waals surface area contributed by atoms with E-state index in [0.717, 1.165) is 19.3 Å². The summed E-state index contributed by atoms with van der Waals surface area (Å²) in [4.78, 5) is 12.1.